The maximum atomic E-state index is 15.0. The Hall–Kier alpha value is -3.97. The fourth-order valence-electron chi connectivity index (χ4n) is 4.48. The van der Waals surface area contributed by atoms with Gasteiger partial charge in [0, 0.05) is 12.8 Å². The van der Waals surface area contributed by atoms with Crippen molar-refractivity contribution in [3.8, 4) is 5.75 Å². The van der Waals surface area contributed by atoms with Crippen molar-refractivity contribution in [2.45, 2.75) is 56.9 Å². The average molecular weight is 571 g/mol. The van der Waals surface area contributed by atoms with Crippen LogP contribution in [-0.4, -0.2) is 45.5 Å². The number of ether oxygens (including phenoxy) is 1. The second kappa shape index (κ2) is 11.3. The molecular weight excluding hydrogens is 547 g/mol. The van der Waals surface area contributed by atoms with Crippen molar-refractivity contribution in [3.63, 3.8) is 0 Å². The third-order valence-corrected chi connectivity index (χ3v) is 6.54. The van der Waals surface area contributed by atoms with E-state index in [1.807, 2.05) is 5.32 Å². The SMILES string of the molecule is Cc1ccc(C2=C(c3nn[nH]n3)C(=O)N[C@@](c3ccc(OCCCCCC(F)(F)F)c(F)c3)(C(F)(F)F)C2)cc1. The lowest BCUT2D eigenvalue weighted by molar-refractivity contribution is -0.201. The summed E-state index contributed by atoms with van der Waals surface area (Å²) >= 11 is 0. The monoisotopic (exact) mass is 571 g/mol. The molecule has 40 heavy (non-hydrogen) atoms. The van der Waals surface area contributed by atoms with E-state index in [-0.39, 0.29) is 48.6 Å². The first-order chi connectivity index (χ1) is 18.8. The largest absolute Gasteiger partial charge is 0.491 e. The molecule has 214 valence electrons. The van der Waals surface area contributed by atoms with Crippen molar-refractivity contribution in [2.75, 3.05) is 6.61 Å². The van der Waals surface area contributed by atoms with E-state index in [4.69, 9.17) is 4.74 Å². The van der Waals surface area contributed by atoms with Gasteiger partial charge in [-0.3, -0.25) is 4.79 Å². The third kappa shape index (κ3) is 6.26. The van der Waals surface area contributed by atoms with Gasteiger partial charge in [-0.05, 0) is 60.2 Å². The third-order valence-electron chi connectivity index (χ3n) is 6.54. The molecule has 0 aliphatic carbocycles. The molecule has 0 saturated heterocycles. The van der Waals surface area contributed by atoms with Gasteiger partial charge in [-0.25, -0.2) is 4.39 Å². The van der Waals surface area contributed by atoms with Gasteiger partial charge in [0.15, 0.2) is 17.1 Å². The Morgan fingerprint density at radius 3 is 2.33 bits per heavy atom. The van der Waals surface area contributed by atoms with Crippen LogP contribution in [0.1, 0.15) is 54.6 Å². The molecule has 0 fully saturated rings. The number of alkyl halides is 6. The standard InChI is InChI=1S/C26H24F7N5O2/c1-15-5-7-16(8-6-15)18-14-24(26(31,32)33,34-23(39)21(18)22-35-37-38-36-22)17-9-10-20(19(27)13-17)40-12-4-2-3-11-25(28,29)30/h5-10,13H,2-4,11-12,14H2,1H3,(H,34,39)(H,35,36,37,38)/t24-/m0/s1. The van der Waals surface area contributed by atoms with E-state index < -0.39 is 48.0 Å². The number of hydrogen-bond donors (Lipinski definition) is 2. The lowest BCUT2D eigenvalue weighted by Crippen LogP contribution is -2.58. The van der Waals surface area contributed by atoms with E-state index >= 15 is 0 Å². The van der Waals surface area contributed by atoms with E-state index in [0.29, 0.717) is 11.6 Å². The van der Waals surface area contributed by atoms with Gasteiger partial charge in [0.05, 0.1) is 12.2 Å². The Morgan fingerprint density at radius 2 is 1.73 bits per heavy atom. The number of aryl methyl sites for hydroxylation is 1. The zero-order valence-corrected chi connectivity index (χ0v) is 21.1. The number of rotatable bonds is 9. The highest BCUT2D eigenvalue weighted by Gasteiger charge is 2.60. The van der Waals surface area contributed by atoms with Crippen molar-refractivity contribution in [1.29, 1.82) is 0 Å². The number of unbranched alkanes of at least 4 members (excludes halogenated alkanes) is 2. The normalized spacial score (nSPS) is 18.1. The molecule has 2 heterocycles. The summed E-state index contributed by atoms with van der Waals surface area (Å²) in [7, 11) is 0. The highest BCUT2D eigenvalue weighted by atomic mass is 19.4. The van der Waals surface area contributed by atoms with Crippen molar-refractivity contribution in [2.24, 2.45) is 0 Å². The summed E-state index contributed by atoms with van der Waals surface area (Å²) in [6.45, 7) is 1.67. The number of aromatic nitrogens is 4. The van der Waals surface area contributed by atoms with Gasteiger partial charge < -0.3 is 10.1 Å². The average Bonchev–Trinajstić information content (AvgIpc) is 3.40. The molecule has 14 heteroatoms. The quantitative estimate of drug-likeness (QED) is 0.242. The number of H-pyrrole nitrogens is 1. The summed E-state index contributed by atoms with van der Waals surface area (Å²) in [4.78, 5) is 13.2. The van der Waals surface area contributed by atoms with Crippen LogP contribution in [0, 0.1) is 12.7 Å². The Labute approximate surface area is 223 Å². The van der Waals surface area contributed by atoms with E-state index in [9.17, 15) is 35.5 Å². The van der Waals surface area contributed by atoms with E-state index in [0.717, 1.165) is 17.7 Å². The van der Waals surface area contributed by atoms with Crippen LogP contribution in [0.25, 0.3) is 11.1 Å². The van der Waals surface area contributed by atoms with Crippen molar-refractivity contribution in [1.82, 2.24) is 25.9 Å². The number of tetrazole rings is 1. The van der Waals surface area contributed by atoms with E-state index in [1.165, 1.54) is 0 Å². The van der Waals surface area contributed by atoms with Gasteiger partial charge in [-0.15, -0.1) is 10.2 Å². The number of nitrogens with one attached hydrogen (secondary N) is 2. The van der Waals surface area contributed by atoms with Gasteiger partial charge in [0.2, 0.25) is 5.82 Å². The second-order valence-electron chi connectivity index (χ2n) is 9.41. The summed E-state index contributed by atoms with van der Waals surface area (Å²) in [5.41, 5.74) is -2.63. The van der Waals surface area contributed by atoms with Gasteiger partial charge in [0.1, 0.15) is 0 Å². The summed E-state index contributed by atoms with van der Waals surface area (Å²) in [6, 6.07) is 9.12. The number of hydrogen-bond acceptors (Lipinski definition) is 5. The number of halogens is 7. The molecular formula is C26H24F7N5O2. The molecule has 4 rings (SSSR count). The highest BCUT2D eigenvalue weighted by molar-refractivity contribution is 6.27. The van der Waals surface area contributed by atoms with Gasteiger partial charge in [0.25, 0.3) is 5.91 Å². The molecule has 1 amide bonds. The zero-order valence-electron chi connectivity index (χ0n) is 21.1. The molecule has 7 nitrogen and oxygen atoms in total. The lowest BCUT2D eigenvalue weighted by Gasteiger charge is -2.41. The van der Waals surface area contributed by atoms with Crippen LogP contribution < -0.4 is 10.1 Å². The molecule has 2 N–H and O–H groups in total. The van der Waals surface area contributed by atoms with Crippen molar-refractivity contribution in [3.05, 3.63) is 70.8 Å². The number of carbonyl (C=O) groups is 1. The van der Waals surface area contributed by atoms with Crippen molar-refractivity contribution < 1.29 is 40.3 Å². The molecule has 2 aromatic carbocycles. The smallest absolute Gasteiger partial charge is 0.416 e. The van der Waals surface area contributed by atoms with Gasteiger partial charge in [-0.1, -0.05) is 35.9 Å². The molecule has 0 radical (unpaired) electrons. The van der Waals surface area contributed by atoms with Crippen LogP contribution >= 0.6 is 0 Å². The van der Waals surface area contributed by atoms with E-state index in [2.05, 4.69) is 20.6 Å². The predicted molar refractivity (Wildman–Crippen MR) is 129 cm³/mol. The fourth-order valence-corrected chi connectivity index (χ4v) is 4.48. The van der Waals surface area contributed by atoms with Crippen molar-refractivity contribution >= 4 is 17.1 Å². The summed E-state index contributed by atoms with van der Waals surface area (Å²) in [5, 5.41) is 15.1. The fraction of sp³-hybridized carbons (Fsp3) is 0.385. The molecule has 1 aromatic heterocycles. The molecule has 0 bridgehead atoms. The number of benzene rings is 2. The predicted octanol–water partition coefficient (Wildman–Crippen LogP) is 6.04. The van der Waals surface area contributed by atoms with Gasteiger partial charge >= 0.3 is 12.4 Å². The first kappa shape index (κ1) is 29.0. The molecule has 0 saturated carbocycles. The Balaban J connectivity index is 1.65. The lowest BCUT2D eigenvalue weighted by atomic mass is 9.76. The highest BCUT2D eigenvalue weighted by Crippen LogP contribution is 2.50. The number of aromatic amines is 1. The number of carbonyl (C=O) groups excluding carboxylic acids is 1. The summed E-state index contributed by atoms with van der Waals surface area (Å²) < 4.78 is 101. The summed E-state index contributed by atoms with van der Waals surface area (Å²) in [5.74, 6) is -2.80. The van der Waals surface area contributed by atoms with Crippen LogP contribution in [0.15, 0.2) is 42.5 Å². The van der Waals surface area contributed by atoms with Crippen LogP contribution in [0.2, 0.25) is 0 Å². The maximum absolute atomic E-state index is 15.0. The van der Waals surface area contributed by atoms with Crippen LogP contribution in [-0.2, 0) is 10.3 Å². The number of amides is 1. The minimum Gasteiger partial charge on any atom is -0.491 e. The molecule has 0 spiro atoms. The molecule has 1 aliphatic heterocycles. The molecule has 0 unspecified atom stereocenters. The summed E-state index contributed by atoms with van der Waals surface area (Å²) in [6.07, 6.45) is -10.8. The zero-order chi connectivity index (χ0) is 29.1. The minimum absolute atomic E-state index is 0.0120. The van der Waals surface area contributed by atoms with Crippen LogP contribution in [0.4, 0.5) is 30.7 Å². The first-order valence-corrected chi connectivity index (χ1v) is 12.2. The topological polar surface area (TPSA) is 92.8 Å². The van der Waals surface area contributed by atoms with Gasteiger partial charge in [-0.2, -0.15) is 31.6 Å². The minimum atomic E-state index is -5.06. The van der Waals surface area contributed by atoms with E-state index in [1.54, 1.807) is 31.2 Å². The first-order valence-electron chi connectivity index (χ1n) is 12.2. The molecule has 1 atom stereocenters. The maximum Gasteiger partial charge on any atom is 0.416 e. The molecule has 3 aromatic rings. The van der Waals surface area contributed by atoms with Crippen LogP contribution in [0.3, 0.4) is 0 Å². The Bertz CT molecular complexity index is 1370. The molecule has 1 aliphatic rings. The van der Waals surface area contributed by atoms with Crippen LogP contribution in [0.5, 0.6) is 5.75 Å². The Kier molecular flexibility index (Phi) is 8.17. The number of nitrogens with zero attached hydrogens (tertiary/aromatic N) is 3. The Morgan fingerprint density at radius 1 is 1.00 bits per heavy atom. The second-order valence-corrected chi connectivity index (χ2v) is 9.41.